The van der Waals surface area contributed by atoms with Crippen molar-refractivity contribution in [2.45, 2.75) is 20.0 Å². The highest BCUT2D eigenvalue weighted by Gasteiger charge is 2.23. The van der Waals surface area contributed by atoms with E-state index in [1.165, 1.54) is 6.08 Å². The van der Waals surface area contributed by atoms with Gasteiger partial charge in [-0.15, -0.1) is 0 Å². The van der Waals surface area contributed by atoms with Crippen molar-refractivity contribution in [1.82, 2.24) is 0 Å². The molecule has 26 heavy (non-hydrogen) atoms. The van der Waals surface area contributed by atoms with Crippen LogP contribution in [0.25, 0.3) is 6.08 Å². The molecule has 0 aliphatic rings. The molecule has 0 bridgehead atoms. The van der Waals surface area contributed by atoms with E-state index in [9.17, 15) is 9.59 Å². The van der Waals surface area contributed by atoms with Crippen molar-refractivity contribution in [3.05, 3.63) is 66.2 Å². The van der Waals surface area contributed by atoms with Gasteiger partial charge in [-0.3, -0.25) is 4.79 Å². The number of nitrogens with zero attached hydrogens (tertiary/aromatic N) is 1. The minimum Gasteiger partial charge on any atom is -0.496 e. The Morgan fingerprint density at radius 3 is 2.38 bits per heavy atom. The highest BCUT2D eigenvalue weighted by atomic mass is 16.5. The molecule has 1 amide bonds. The first kappa shape index (κ1) is 19.2. The van der Waals surface area contributed by atoms with Crippen LogP contribution in [0.2, 0.25) is 0 Å². The van der Waals surface area contributed by atoms with E-state index in [0.717, 1.165) is 11.3 Å². The average molecular weight is 353 g/mol. The zero-order valence-corrected chi connectivity index (χ0v) is 15.2. The molecule has 2 aromatic rings. The third kappa shape index (κ3) is 4.96. The van der Waals surface area contributed by atoms with E-state index >= 15 is 0 Å². The van der Waals surface area contributed by atoms with E-state index in [-0.39, 0.29) is 5.91 Å². The molecule has 1 atom stereocenters. The van der Waals surface area contributed by atoms with Crippen LogP contribution in [0.1, 0.15) is 19.4 Å². The summed E-state index contributed by atoms with van der Waals surface area (Å²) in [4.78, 5) is 26.2. The lowest BCUT2D eigenvalue weighted by Gasteiger charge is -2.24. The van der Waals surface area contributed by atoms with Gasteiger partial charge in [-0.05, 0) is 38.1 Å². The summed E-state index contributed by atoms with van der Waals surface area (Å²) in [6.45, 7) is 3.94. The van der Waals surface area contributed by atoms with E-state index in [1.807, 2.05) is 55.5 Å². The van der Waals surface area contributed by atoms with Gasteiger partial charge in [-0.1, -0.05) is 36.4 Å². The van der Waals surface area contributed by atoms with Crippen molar-refractivity contribution in [1.29, 1.82) is 0 Å². The summed E-state index contributed by atoms with van der Waals surface area (Å²) in [6.07, 6.45) is 2.01. The number of anilines is 1. The number of carbonyl (C=O) groups is 2. The maximum absolute atomic E-state index is 12.6. The van der Waals surface area contributed by atoms with Crippen LogP contribution in [0.3, 0.4) is 0 Å². The van der Waals surface area contributed by atoms with Gasteiger partial charge in [-0.25, -0.2) is 4.79 Å². The average Bonchev–Trinajstić information content (AvgIpc) is 2.67. The number of carbonyl (C=O) groups excluding carboxylic acids is 2. The number of amides is 1. The smallest absolute Gasteiger partial charge is 0.331 e. The van der Waals surface area contributed by atoms with Crippen LogP contribution in [0.15, 0.2) is 60.7 Å². The number of rotatable bonds is 7. The fourth-order valence-electron chi connectivity index (χ4n) is 2.52. The molecule has 0 N–H and O–H groups in total. The van der Waals surface area contributed by atoms with Crippen LogP contribution < -0.4 is 9.64 Å². The number of para-hydroxylation sites is 2. The number of likely N-dealkylation sites (N-methyl/N-ethyl adjacent to an activating group) is 1. The lowest BCUT2D eigenvalue weighted by molar-refractivity contribution is -0.149. The fraction of sp³-hybridized carbons (Fsp3) is 0.238. The van der Waals surface area contributed by atoms with Crippen molar-refractivity contribution in [2.24, 2.45) is 0 Å². The predicted molar refractivity (Wildman–Crippen MR) is 102 cm³/mol. The van der Waals surface area contributed by atoms with Gasteiger partial charge in [0.05, 0.1) is 7.11 Å². The lowest BCUT2D eigenvalue weighted by Crippen LogP contribution is -2.39. The van der Waals surface area contributed by atoms with Gasteiger partial charge in [0.2, 0.25) is 0 Å². The molecular weight excluding hydrogens is 330 g/mol. The molecule has 0 aliphatic carbocycles. The summed E-state index contributed by atoms with van der Waals surface area (Å²) < 4.78 is 10.5. The van der Waals surface area contributed by atoms with Crippen LogP contribution >= 0.6 is 0 Å². The number of ether oxygens (including phenoxy) is 2. The van der Waals surface area contributed by atoms with E-state index in [4.69, 9.17) is 9.47 Å². The van der Waals surface area contributed by atoms with Gasteiger partial charge < -0.3 is 14.4 Å². The predicted octanol–water partition coefficient (Wildman–Crippen LogP) is 3.69. The Hall–Kier alpha value is -3.08. The summed E-state index contributed by atoms with van der Waals surface area (Å²) >= 11 is 0. The second-order valence-corrected chi connectivity index (χ2v) is 5.57. The SMILES string of the molecule is CCN(C(=O)[C@H](C)OC(=O)/C=C/c1ccccc1OC)c1ccccc1. The second-order valence-electron chi connectivity index (χ2n) is 5.57. The molecule has 0 heterocycles. The number of hydrogen-bond acceptors (Lipinski definition) is 4. The van der Waals surface area contributed by atoms with Crippen LogP contribution in [-0.4, -0.2) is 31.6 Å². The van der Waals surface area contributed by atoms with Gasteiger partial charge in [0, 0.05) is 23.9 Å². The normalized spacial score (nSPS) is 11.8. The highest BCUT2D eigenvalue weighted by molar-refractivity contribution is 5.98. The Balaban J connectivity index is 2.01. The largest absolute Gasteiger partial charge is 0.496 e. The van der Waals surface area contributed by atoms with Crippen molar-refractivity contribution < 1.29 is 19.1 Å². The lowest BCUT2D eigenvalue weighted by atomic mass is 10.2. The van der Waals surface area contributed by atoms with E-state index in [0.29, 0.717) is 12.3 Å². The molecule has 2 rings (SSSR count). The Labute approximate surface area is 153 Å². The first-order valence-corrected chi connectivity index (χ1v) is 8.45. The van der Waals surface area contributed by atoms with Gasteiger partial charge in [0.1, 0.15) is 5.75 Å². The molecule has 0 fully saturated rings. The maximum Gasteiger partial charge on any atom is 0.331 e. The summed E-state index contributed by atoms with van der Waals surface area (Å²) in [7, 11) is 1.56. The van der Waals surface area contributed by atoms with E-state index in [2.05, 4.69) is 0 Å². The Morgan fingerprint density at radius 1 is 1.08 bits per heavy atom. The first-order chi connectivity index (χ1) is 12.6. The third-order valence-electron chi connectivity index (χ3n) is 3.83. The topological polar surface area (TPSA) is 55.8 Å². The molecule has 136 valence electrons. The molecule has 0 spiro atoms. The monoisotopic (exact) mass is 353 g/mol. The zero-order chi connectivity index (χ0) is 18.9. The Kier molecular flexibility index (Phi) is 6.97. The molecule has 0 radical (unpaired) electrons. The van der Waals surface area contributed by atoms with E-state index in [1.54, 1.807) is 31.1 Å². The molecule has 0 aromatic heterocycles. The van der Waals surface area contributed by atoms with Gasteiger partial charge in [0.15, 0.2) is 6.10 Å². The summed E-state index contributed by atoms with van der Waals surface area (Å²) in [5.41, 5.74) is 1.53. The minimum atomic E-state index is -0.884. The third-order valence-corrected chi connectivity index (χ3v) is 3.83. The maximum atomic E-state index is 12.6. The quantitative estimate of drug-likeness (QED) is 0.563. The van der Waals surface area contributed by atoms with Gasteiger partial charge >= 0.3 is 5.97 Å². The summed E-state index contributed by atoms with van der Waals surface area (Å²) in [6, 6.07) is 16.6. The van der Waals surface area contributed by atoms with Crippen LogP contribution in [0.5, 0.6) is 5.75 Å². The van der Waals surface area contributed by atoms with Crippen molar-refractivity contribution >= 4 is 23.6 Å². The van der Waals surface area contributed by atoms with Gasteiger partial charge in [-0.2, -0.15) is 0 Å². The van der Waals surface area contributed by atoms with E-state index < -0.39 is 12.1 Å². The fourth-order valence-corrected chi connectivity index (χ4v) is 2.52. The number of esters is 1. The molecule has 0 unspecified atom stereocenters. The summed E-state index contributed by atoms with van der Waals surface area (Å²) in [5, 5.41) is 0. The second kappa shape index (κ2) is 9.42. The van der Waals surface area contributed by atoms with Crippen molar-refractivity contribution in [3.8, 4) is 5.75 Å². The van der Waals surface area contributed by atoms with Crippen LogP contribution in [-0.2, 0) is 14.3 Å². The molecule has 5 nitrogen and oxygen atoms in total. The molecular formula is C21H23NO4. The van der Waals surface area contributed by atoms with Crippen molar-refractivity contribution in [2.75, 3.05) is 18.6 Å². The molecule has 5 heteroatoms. The molecule has 0 aliphatic heterocycles. The molecule has 0 saturated carbocycles. The number of benzene rings is 2. The van der Waals surface area contributed by atoms with Gasteiger partial charge in [0.25, 0.3) is 5.91 Å². The molecule has 0 saturated heterocycles. The number of methoxy groups -OCH3 is 1. The Bertz CT molecular complexity index is 771. The van der Waals surface area contributed by atoms with Crippen LogP contribution in [0.4, 0.5) is 5.69 Å². The minimum absolute atomic E-state index is 0.266. The molecule has 2 aromatic carbocycles. The van der Waals surface area contributed by atoms with Crippen LogP contribution in [0, 0.1) is 0 Å². The first-order valence-electron chi connectivity index (χ1n) is 8.45. The highest BCUT2D eigenvalue weighted by Crippen LogP contribution is 2.19. The number of hydrogen-bond donors (Lipinski definition) is 0. The van der Waals surface area contributed by atoms with Crippen molar-refractivity contribution in [3.63, 3.8) is 0 Å². The zero-order valence-electron chi connectivity index (χ0n) is 15.2. The Morgan fingerprint density at radius 2 is 1.73 bits per heavy atom. The summed E-state index contributed by atoms with van der Waals surface area (Å²) in [5.74, 6) is -0.194. The standard InChI is InChI=1S/C21H23NO4/c1-4-22(18-11-6-5-7-12-18)21(24)16(2)26-20(23)15-14-17-10-8-9-13-19(17)25-3/h5-16H,4H2,1-3H3/b15-14+/t16-/m0/s1.